The molecule has 6 nitrogen and oxygen atoms in total. The van der Waals surface area contributed by atoms with Gasteiger partial charge >= 0.3 is 5.97 Å². The lowest BCUT2D eigenvalue weighted by Crippen LogP contribution is -2.14. The summed E-state index contributed by atoms with van der Waals surface area (Å²) < 4.78 is 41.1. The van der Waals surface area contributed by atoms with Crippen molar-refractivity contribution in [1.29, 1.82) is 0 Å². The summed E-state index contributed by atoms with van der Waals surface area (Å²) in [5, 5.41) is 10.1. The van der Waals surface area contributed by atoms with Crippen molar-refractivity contribution in [2.45, 2.75) is 31.6 Å². The Labute approximate surface area is 179 Å². The predicted octanol–water partition coefficient (Wildman–Crippen LogP) is 4.16. The zero-order valence-corrected chi connectivity index (χ0v) is 19.2. The number of esters is 1. The molecule has 0 amide bonds. The Kier molecular flexibility index (Phi) is 6.57. The van der Waals surface area contributed by atoms with Gasteiger partial charge in [0.2, 0.25) is 0 Å². The summed E-state index contributed by atoms with van der Waals surface area (Å²) in [5.74, 6) is -1.17. The minimum atomic E-state index is -4.66. The van der Waals surface area contributed by atoms with Crippen molar-refractivity contribution in [3.05, 3.63) is 48.1 Å². The summed E-state index contributed by atoms with van der Waals surface area (Å²) in [6.45, 7) is 4.97. The highest BCUT2D eigenvalue weighted by Crippen LogP contribution is 2.34. The summed E-state index contributed by atoms with van der Waals surface area (Å²) in [4.78, 5) is 12.2. The number of carbonyl (C=O) groups is 1. The van der Waals surface area contributed by atoms with Crippen molar-refractivity contribution >= 4 is 61.3 Å². The van der Waals surface area contributed by atoms with Crippen LogP contribution in [-0.2, 0) is 10.1 Å². The lowest BCUT2D eigenvalue weighted by Gasteiger charge is -2.18. The Hall–Kier alpha value is -0.920. The number of halogens is 2. The largest absolute Gasteiger partial charge is 0.744 e. The Morgan fingerprint density at radius 2 is 1.81 bits per heavy atom. The molecule has 9 heteroatoms. The van der Waals surface area contributed by atoms with Gasteiger partial charge in [-0.15, -0.1) is 0 Å². The third-order valence-corrected chi connectivity index (χ3v) is 6.00. The highest BCUT2D eigenvalue weighted by molar-refractivity contribution is 14.1. The van der Waals surface area contributed by atoms with Gasteiger partial charge in [-0.05, 0) is 93.4 Å². The molecular formula is C17H15I2O6S-. The second kappa shape index (κ2) is 7.98. The number of hydrogen-bond acceptors (Lipinski definition) is 6. The molecule has 0 aliphatic heterocycles. The molecule has 0 unspecified atom stereocenters. The van der Waals surface area contributed by atoms with Gasteiger partial charge in [-0.25, -0.2) is 13.2 Å². The first-order valence-electron chi connectivity index (χ1n) is 7.42. The molecule has 0 saturated heterocycles. The van der Waals surface area contributed by atoms with Crippen molar-refractivity contribution in [2.24, 2.45) is 0 Å². The quantitative estimate of drug-likeness (QED) is 0.245. The van der Waals surface area contributed by atoms with E-state index in [2.05, 4.69) is 0 Å². The van der Waals surface area contributed by atoms with Gasteiger partial charge < -0.3 is 14.4 Å². The summed E-state index contributed by atoms with van der Waals surface area (Å²) in [6, 6.07) is 5.80. The van der Waals surface area contributed by atoms with Crippen molar-refractivity contribution < 1.29 is 27.6 Å². The molecule has 0 aliphatic carbocycles. The van der Waals surface area contributed by atoms with E-state index in [1.807, 2.05) is 45.2 Å². The molecule has 2 aromatic carbocycles. The van der Waals surface area contributed by atoms with E-state index in [-0.39, 0.29) is 33.4 Å². The van der Waals surface area contributed by atoms with Gasteiger partial charge in [0, 0.05) is 3.57 Å². The van der Waals surface area contributed by atoms with Gasteiger partial charge in [-0.3, -0.25) is 0 Å². The minimum absolute atomic E-state index is 0.0114. The molecule has 0 heterocycles. The zero-order chi connectivity index (χ0) is 19.8. The number of rotatable bonds is 4. The van der Waals surface area contributed by atoms with E-state index in [0.29, 0.717) is 9.13 Å². The monoisotopic (exact) mass is 601 g/mol. The van der Waals surface area contributed by atoms with Gasteiger partial charge in [-0.1, -0.05) is 13.8 Å². The van der Waals surface area contributed by atoms with Crippen LogP contribution in [-0.4, -0.2) is 24.0 Å². The highest BCUT2D eigenvalue weighted by atomic mass is 127. The number of phenols is 1. The predicted molar refractivity (Wildman–Crippen MR) is 112 cm³/mol. The van der Waals surface area contributed by atoms with Crippen LogP contribution in [0.3, 0.4) is 0 Å². The van der Waals surface area contributed by atoms with Crippen LogP contribution in [0, 0.1) is 14.1 Å². The summed E-state index contributed by atoms with van der Waals surface area (Å²) in [7, 11) is -4.66. The normalized spacial score (nSPS) is 11.7. The SMILES string of the molecule is Cc1cc(S(=O)(=O)[O-])c(C(C)C)cc1C(=O)Oc1cc(I)cc(I)c1O. The molecule has 0 fully saturated rings. The molecule has 0 aliphatic rings. The summed E-state index contributed by atoms with van der Waals surface area (Å²) in [6.07, 6.45) is 0. The maximum Gasteiger partial charge on any atom is 0.343 e. The number of aryl methyl sites for hydroxylation is 1. The lowest BCUT2D eigenvalue weighted by atomic mass is 9.97. The topological polar surface area (TPSA) is 104 Å². The molecule has 2 rings (SSSR count). The van der Waals surface area contributed by atoms with E-state index < -0.39 is 16.1 Å². The number of phenolic OH excluding ortho intramolecular Hbond substituents is 1. The molecule has 2 aromatic rings. The molecule has 140 valence electrons. The Morgan fingerprint density at radius 1 is 1.19 bits per heavy atom. The first-order chi connectivity index (χ1) is 11.9. The summed E-state index contributed by atoms with van der Waals surface area (Å²) >= 11 is 3.96. The van der Waals surface area contributed by atoms with E-state index in [0.717, 1.165) is 3.57 Å². The average molecular weight is 601 g/mol. The molecule has 1 N–H and O–H groups in total. The molecule has 26 heavy (non-hydrogen) atoms. The number of aromatic hydroxyl groups is 1. The number of ether oxygens (including phenoxy) is 1. The van der Waals surface area contributed by atoms with Crippen LogP contribution in [0.4, 0.5) is 0 Å². The molecule has 0 radical (unpaired) electrons. The number of hydrogen-bond donors (Lipinski definition) is 1. The molecule has 0 bridgehead atoms. The maximum absolute atomic E-state index is 12.6. The van der Waals surface area contributed by atoms with Gasteiger partial charge in [0.1, 0.15) is 10.1 Å². The summed E-state index contributed by atoms with van der Waals surface area (Å²) in [5.41, 5.74) is 0.682. The standard InChI is InChI=1S/C17H16I2O6S/c1-8(2)11-7-12(9(3)4-15(11)26(22,23)24)17(21)25-14-6-10(18)5-13(19)16(14)20/h4-8,20H,1-3H3,(H,22,23,24)/p-1. The van der Waals surface area contributed by atoms with Crippen LogP contribution in [0.5, 0.6) is 11.5 Å². The number of benzene rings is 2. The van der Waals surface area contributed by atoms with Crippen LogP contribution in [0.1, 0.15) is 41.3 Å². The van der Waals surface area contributed by atoms with E-state index in [1.165, 1.54) is 25.1 Å². The fraction of sp³-hybridized carbons (Fsp3) is 0.235. The number of carbonyl (C=O) groups excluding carboxylic acids is 1. The second-order valence-electron chi connectivity index (χ2n) is 5.94. The smallest absolute Gasteiger partial charge is 0.343 e. The minimum Gasteiger partial charge on any atom is -0.744 e. The molecule has 0 aromatic heterocycles. The van der Waals surface area contributed by atoms with E-state index in [1.54, 1.807) is 19.9 Å². The molecule has 0 saturated carbocycles. The maximum atomic E-state index is 12.6. The lowest BCUT2D eigenvalue weighted by molar-refractivity contribution is 0.0728. The third-order valence-electron chi connectivity index (χ3n) is 3.66. The van der Waals surface area contributed by atoms with Crippen molar-refractivity contribution in [2.75, 3.05) is 0 Å². The van der Waals surface area contributed by atoms with Crippen LogP contribution in [0.25, 0.3) is 0 Å². The first-order valence-corrected chi connectivity index (χ1v) is 11.0. The van der Waals surface area contributed by atoms with Gasteiger partial charge in [0.05, 0.1) is 14.0 Å². The van der Waals surface area contributed by atoms with Crippen LogP contribution >= 0.6 is 45.2 Å². The van der Waals surface area contributed by atoms with Crippen LogP contribution in [0.15, 0.2) is 29.2 Å². The van der Waals surface area contributed by atoms with Gasteiger partial charge in [0.25, 0.3) is 0 Å². The van der Waals surface area contributed by atoms with Gasteiger partial charge in [-0.2, -0.15) is 0 Å². The zero-order valence-electron chi connectivity index (χ0n) is 14.0. The third kappa shape index (κ3) is 4.67. The first kappa shape index (κ1) is 21.4. The molecule has 0 spiro atoms. The van der Waals surface area contributed by atoms with E-state index >= 15 is 0 Å². The fourth-order valence-electron chi connectivity index (χ4n) is 2.36. The van der Waals surface area contributed by atoms with Crippen LogP contribution < -0.4 is 4.74 Å². The van der Waals surface area contributed by atoms with Crippen molar-refractivity contribution in [1.82, 2.24) is 0 Å². The Bertz CT molecular complexity index is 983. The van der Waals surface area contributed by atoms with Crippen LogP contribution in [0.2, 0.25) is 0 Å². The Balaban J connectivity index is 2.52. The van der Waals surface area contributed by atoms with E-state index in [4.69, 9.17) is 4.74 Å². The average Bonchev–Trinajstić information content (AvgIpc) is 2.50. The molecule has 0 atom stereocenters. The highest BCUT2D eigenvalue weighted by Gasteiger charge is 2.21. The Morgan fingerprint density at radius 3 is 2.35 bits per heavy atom. The van der Waals surface area contributed by atoms with Crippen molar-refractivity contribution in [3.8, 4) is 11.5 Å². The van der Waals surface area contributed by atoms with Gasteiger partial charge in [0.15, 0.2) is 11.5 Å². The van der Waals surface area contributed by atoms with Crippen molar-refractivity contribution in [3.63, 3.8) is 0 Å². The molecular weight excluding hydrogens is 586 g/mol. The fourth-order valence-corrected chi connectivity index (χ4v) is 5.06. The van der Waals surface area contributed by atoms with E-state index in [9.17, 15) is 22.9 Å². The second-order valence-corrected chi connectivity index (χ2v) is 9.69.